The third-order valence-corrected chi connectivity index (χ3v) is 3.37. The van der Waals surface area contributed by atoms with Crippen molar-refractivity contribution in [2.45, 2.75) is 12.4 Å². The minimum atomic E-state index is -4.79. The van der Waals surface area contributed by atoms with E-state index in [1.54, 1.807) is 0 Å². The molecular weight excluding hydrogens is 342 g/mol. The lowest BCUT2D eigenvalue weighted by Crippen LogP contribution is -2.28. The van der Waals surface area contributed by atoms with Crippen LogP contribution in [-0.4, -0.2) is 16.9 Å². The van der Waals surface area contributed by atoms with Gasteiger partial charge in [0.1, 0.15) is 10.9 Å². The van der Waals surface area contributed by atoms with Crippen LogP contribution in [0.15, 0.2) is 40.9 Å². The number of aliphatic imine (C=N–C) groups is 1. The summed E-state index contributed by atoms with van der Waals surface area (Å²) in [5.74, 6) is -1.71. The Kier molecular flexibility index (Phi) is 4.30. The summed E-state index contributed by atoms with van der Waals surface area (Å²) in [5, 5.41) is 8.81. The summed E-state index contributed by atoms with van der Waals surface area (Å²) < 4.78 is 76.4. The Morgan fingerprint density at radius 2 is 1.57 bits per heavy atom. The maximum atomic E-state index is 13.0. The molecule has 0 N–H and O–H groups in total. The van der Waals surface area contributed by atoms with Crippen molar-refractivity contribution in [3.63, 3.8) is 0 Å². The summed E-state index contributed by atoms with van der Waals surface area (Å²) in [4.78, 5) is 3.25. The summed E-state index contributed by atoms with van der Waals surface area (Å²) in [5.41, 5.74) is -2.31. The number of allylic oxidation sites excluding steroid dienone is 1. The fourth-order valence-corrected chi connectivity index (χ4v) is 2.21. The first kappa shape index (κ1) is 17.1. The van der Waals surface area contributed by atoms with Crippen LogP contribution in [-0.2, 0) is 6.18 Å². The molecule has 2 rings (SSSR count). The normalized spacial score (nSPS) is 19.0. The number of nitriles is 1. The van der Waals surface area contributed by atoms with Gasteiger partial charge in [0.25, 0.3) is 0 Å². The zero-order valence-corrected chi connectivity index (χ0v) is 11.9. The van der Waals surface area contributed by atoms with Gasteiger partial charge in [-0.1, -0.05) is 24.4 Å². The number of hydrogen-bond acceptors (Lipinski definition) is 2. The number of rotatable bonds is 1. The van der Waals surface area contributed by atoms with E-state index >= 15 is 0 Å². The quantitative estimate of drug-likeness (QED) is 0.555. The van der Waals surface area contributed by atoms with Gasteiger partial charge in [0.15, 0.2) is 0 Å². The van der Waals surface area contributed by atoms with Gasteiger partial charge < -0.3 is 0 Å². The van der Waals surface area contributed by atoms with E-state index in [0.717, 1.165) is 24.3 Å². The molecule has 2 nitrogen and oxygen atoms in total. The predicted octanol–water partition coefficient (Wildman–Crippen LogP) is 4.46. The number of benzene rings is 1. The monoisotopic (exact) mass is 348 g/mol. The second-order valence-corrected chi connectivity index (χ2v) is 4.99. The van der Waals surface area contributed by atoms with Crippen molar-refractivity contribution in [1.82, 2.24) is 0 Å². The van der Waals surface area contributed by atoms with Crippen molar-refractivity contribution >= 4 is 22.9 Å². The van der Waals surface area contributed by atoms with Gasteiger partial charge in [-0.25, -0.2) is 4.99 Å². The van der Waals surface area contributed by atoms with Crippen LogP contribution in [0.3, 0.4) is 0 Å². The number of hydrogen-bond donors (Lipinski definition) is 0. The van der Waals surface area contributed by atoms with Crippen molar-refractivity contribution in [3.8, 4) is 6.07 Å². The van der Waals surface area contributed by atoms with Gasteiger partial charge in [0, 0.05) is 5.56 Å². The zero-order valence-electron chi connectivity index (χ0n) is 11.0. The van der Waals surface area contributed by atoms with E-state index in [1.165, 1.54) is 6.07 Å². The smallest absolute Gasteiger partial charge is 0.239 e. The van der Waals surface area contributed by atoms with Gasteiger partial charge in [0.2, 0.25) is 0 Å². The summed E-state index contributed by atoms with van der Waals surface area (Å²) >= 11 is 4.70. The third-order valence-electron chi connectivity index (χ3n) is 3.05. The molecule has 0 aliphatic carbocycles. The van der Waals surface area contributed by atoms with Crippen LogP contribution in [0.25, 0.3) is 0 Å². The van der Waals surface area contributed by atoms with E-state index in [4.69, 9.17) is 17.5 Å². The van der Waals surface area contributed by atoms with Gasteiger partial charge in [-0.3, -0.25) is 0 Å². The molecule has 1 aromatic carbocycles. The van der Waals surface area contributed by atoms with Gasteiger partial charge >= 0.3 is 12.4 Å². The van der Waals surface area contributed by atoms with Crippen molar-refractivity contribution in [2.75, 3.05) is 0 Å². The summed E-state index contributed by atoms with van der Waals surface area (Å²) in [6.07, 6.45) is -8.72. The molecule has 1 atom stereocenters. The first-order valence-electron chi connectivity index (χ1n) is 6.02. The molecule has 23 heavy (non-hydrogen) atoms. The van der Waals surface area contributed by atoms with Crippen LogP contribution in [0.4, 0.5) is 26.3 Å². The Labute approximate surface area is 131 Å². The molecule has 0 amide bonds. The maximum Gasteiger partial charge on any atom is 0.416 e. The largest absolute Gasteiger partial charge is 0.416 e. The standard InChI is InChI=1S/C14H6F6N2S/c15-13(16,17)8-3-1-7(2-4-8)11-5-10(14(18,19)20)9(6-21)12(23)22-11/h1-5,9H/t9-/m0/s1. The van der Waals surface area contributed by atoms with Crippen LogP contribution in [0.1, 0.15) is 11.1 Å². The van der Waals surface area contributed by atoms with Crippen molar-refractivity contribution in [3.05, 3.63) is 47.0 Å². The predicted molar refractivity (Wildman–Crippen MR) is 73.8 cm³/mol. The third kappa shape index (κ3) is 3.59. The van der Waals surface area contributed by atoms with E-state index < -0.39 is 34.4 Å². The summed E-state index contributed by atoms with van der Waals surface area (Å²) in [6.45, 7) is 0. The molecule has 0 radical (unpaired) electrons. The lowest BCUT2D eigenvalue weighted by Gasteiger charge is -2.21. The van der Waals surface area contributed by atoms with Gasteiger partial charge in [-0.05, 0) is 18.2 Å². The molecule has 0 bridgehead atoms. The molecule has 1 heterocycles. The highest BCUT2D eigenvalue weighted by Crippen LogP contribution is 2.35. The van der Waals surface area contributed by atoms with Crippen LogP contribution in [0.5, 0.6) is 0 Å². The average molecular weight is 348 g/mol. The molecule has 1 aliphatic heterocycles. The molecule has 0 unspecified atom stereocenters. The van der Waals surface area contributed by atoms with E-state index in [0.29, 0.717) is 6.08 Å². The topological polar surface area (TPSA) is 36.1 Å². The molecule has 0 aromatic heterocycles. The first-order valence-corrected chi connectivity index (χ1v) is 6.43. The van der Waals surface area contributed by atoms with Gasteiger partial charge in [-0.15, -0.1) is 0 Å². The Morgan fingerprint density at radius 1 is 1.00 bits per heavy atom. The molecule has 1 aliphatic rings. The number of halogens is 6. The maximum absolute atomic E-state index is 13.0. The van der Waals surface area contributed by atoms with E-state index in [1.807, 2.05) is 0 Å². The lowest BCUT2D eigenvalue weighted by atomic mass is 9.93. The summed E-state index contributed by atoms with van der Waals surface area (Å²) in [7, 11) is 0. The second-order valence-electron chi connectivity index (χ2n) is 4.57. The molecule has 120 valence electrons. The van der Waals surface area contributed by atoms with E-state index in [-0.39, 0.29) is 11.3 Å². The molecule has 0 fully saturated rings. The Morgan fingerprint density at radius 3 is 2.00 bits per heavy atom. The van der Waals surface area contributed by atoms with Gasteiger partial charge in [0.05, 0.1) is 22.9 Å². The molecule has 0 spiro atoms. The van der Waals surface area contributed by atoms with Crippen molar-refractivity contribution in [1.29, 1.82) is 5.26 Å². The van der Waals surface area contributed by atoms with Crippen LogP contribution < -0.4 is 0 Å². The van der Waals surface area contributed by atoms with E-state index in [2.05, 4.69) is 4.99 Å². The SMILES string of the molecule is N#C[C@@H]1C(=S)N=C(c2ccc(C(F)(F)F)cc2)C=C1C(F)(F)F. The number of dihydropyridines is 1. The first-order chi connectivity index (χ1) is 10.5. The Hall–Kier alpha value is -2.21. The molecule has 0 saturated carbocycles. The summed E-state index contributed by atoms with van der Waals surface area (Å²) in [6, 6.07) is 4.90. The van der Waals surface area contributed by atoms with Crippen molar-refractivity contribution < 1.29 is 26.3 Å². The Balaban J connectivity index is 2.46. The average Bonchev–Trinajstić information content (AvgIpc) is 2.44. The number of nitrogens with zero attached hydrogens (tertiary/aromatic N) is 2. The minimum absolute atomic E-state index is 0.0403. The van der Waals surface area contributed by atoms with Crippen LogP contribution in [0, 0.1) is 17.2 Å². The molecular formula is C14H6F6N2S. The number of alkyl halides is 6. The zero-order chi connectivity index (χ0) is 17.4. The molecule has 9 heteroatoms. The second kappa shape index (κ2) is 5.77. The lowest BCUT2D eigenvalue weighted by molar-refractivity contribution is -0.137. The minimum Gasteiger partial charge on any atom is -0.239 e. The van der Waals surface area contributed by atoms with E-state index in [9.17, 15) is 26.3 Å². The Bertz CT molecular complexity index is 735. The molecule has 0 saturated heterocycles. The van der Waals surface area contributed by atoms with Gasteiger partial charge in [-0.2, -0.15) is 31.6 Å². The van der Waals surface area contributed by atoms with Crippen LogP contribution in [0.2, 0.25) is 0 Å². The fraction of sp³-hybridized carbons (Fsp3) is 0.214. The van der Waals surface area contributed by atoms with Crippen LogP contribution >= 0.6 is 12.2 Å². The fourth-order valence-electron chi connectivity index (χ4n) is 1.93. The van der Waals surface area contributed by atoms with Crippen molar-refractivity contribution in [2.24, 2.45) is 10.9 Å². The number of thiocarbonyl (C=S) groups is 1. The highest BCUT2D eigenvalue weighted by molar-refractivity contribution is 7.80. The molecule has 1 aromatic rings. The highest BCUT2D eigenvalue weighted by Gasteiger charge is 2.42. The highest BCUT2D eigenvalue weighted by atomic mass is 32.1.